The van der Waals surface area contributed by atoms with E-state index in [1.807, 2.05) is 19.9 Å². The lowest BCUT2D eigenvalue weighted by Crippen LogP contribution is -2.29. The van der Waals surface area contributed by atoms with Crippen LogP contribution in [-0.2, 0) is 16.0 Å². The van der Waals surface area contributed by atoms with Gasteiger partial charge in [-0.15, -0.1) is 11.3 Å². The van der Waals surface area contributed by atoms with Crippen molar-refractivity contribution >= 4 is 28.9 Å². The molecule has 0 aliphatic carbocycles. The SMILES string of the molecule is CCc1cc(C(=O)OC(C)C(=O)Nc2ccc3c(c2)OCCO3)sc1C. The molecule has 138 valence electrons. The number of fused-ring (bicyclic) bond motifs is 1. The van der Waals surface area contributed by atoms with Gasteiger partial charge in [0, 0.05) is 16.6 Å². The summed E-state index contributed by atoms with van der Waals surface area (Å²) < 4.78 is 16.2. The molecule has 6 nitrogen and oxygen atoms in total. The number of hydrogen-bond donors (Lipinski definition) is 1. The van der Waals surface area contributed by atoms with Crippen LogP contribution in [0.4, 0.5) is 5.69 Å². The van der Waals surface area contributed by atoms with Crippen molar-refractivity contribution in [3.05, 3.63) is 39.6 Å². The van der Waals surface area contributed by atoms with Gasteiger partial charge in [-0.2, -0.15) is 0 Å². The van der Waals surface area contributed by atoms with Crippen molar-refractivity contribution in [2.45, 2.75) is 33.3 Å². The highest BCUT2D eigenvalue weighted by Crippen LogP contribution is 2.32. The Morgan fingerprint density at radius 3 is 2.65 bits per heavy atom. The highest BCUT2D eigenvalue weighted by atomic mass is 32.1. The normalized spacial score (nSPS) is 13.8. The van der Waals surface area contributed by atoms with Crippen molar-refractivity contribution in [3.8, 4) is 11.5 Å². The van der Waals surface area contributed by atoms with Crippen molar-refractivity contribution in [3.63, 3.8) is 0 Å². The lowest BCUT2D eigenvalue weighted by molar-refractivity contribution is -0.123. The van der Waals surface area contributed by atoms with E-state index in [9.17, 15) is 9.59 Å². The summed E-state index contributed by atoms with van der Waals surface area (Å²) in [7, 11) is 0. The highest BCUT2D eigenvalue weighted by molar-refractivity contribution is 7.14. The van der Waals surface area contributed by atoms with E-state index in [0.29, 0.717) is 35.3 Å². The zero-order chi connectivity index (χ0) is 18.7. The summed E-state index contributed by atoms with van der Waals surface area (Å²) in [6.07, 6.45) is -0.0568. The average molecular weight is 375 g/mol. The van der Waals surface area contributed by atoms with E-state index in [4.69, 9.17) is 14.2 Å². The van der Waals surface area contributed by atoms with Crippen LogP contribution < -0.4 is 14.8 Å². The van der Waals surface area contributed by atoms with E-state index >= 15 is 0 Å². The third-order valence-corrected chi connectivity index (χ3v) is 5.14. The molecule has 7 heteroatoms. The minimum atomic E-state index is -0.914. The van der Waals surface area contributed by atoms with Gasteiger partial charge >= 0.3 is 5.97 Å². The minimum Gasteiger partial charge on any atom is -0.486 e. The third kappa shape index (κ3) is 3.99. The molecule has 0 bridgehead atoms. The summed E-state index contributed by atoms with van der Waals surface area (Å²) >= 11 is 1.38. The number of anilines is 1. The molecule has 0 spiro atoms. The Kier molecular flexibility index (Phi) is 5.46. The van der Waals surface area contributed by atoms with Crippen LogP contribution in [0.2, 0.25) is 0 Å². The molecule has 0 radical (unpaired) electrons. The second-order valence-corrected chi connectivity index (χ2v) is 7.20. The maximum absolute atomic E-state index is 12.3. The number of amides is 1. The van der Waals surface area contributed by atoms with E-state index in [0.717, 1.165) is 16.9 Å². The fourth-order valence-electron chi connectivity index (χ4n) is 2.61. The van der Waals surface area contributed by atoms with Crippen LogP contribution in [0.5, 0.6) is 11.5 Å². The minimum absolute atomic E-state index is 0.404. The van der Waals surface area contributed by atoms with Crippen LogP contribution >= 0.6 is 11.3 Å². The molecular formula is C19H21NO5S. The first kappa shape index (κ1) is 18.3. The predicted octanol–water partition coefficient (Wildman–Crippen LogP) is 3.57. The molecule has 1 N–H and O–H groups in total. The van der Waals surface area contributed by atoms with E-state index in [2.05, 4.69) is 5.32 Å². The number of carbonyl (C=O) groups excluding carboxylic acids is 2. The lowest BCUT2D eigenvalue weighted by atomic mass is 10.2. The van der Waals surface area contributed by atoms with Gasteiger partial charge in [0.1, 0.15) is 18.1 Å². The Labute approximate surface area is 156 Å². The van der Waals surface area contributed by atoms with E-state index in [-0.39, 0.29) is 0 Å². The number of carbonyl (C=O) groups is 2. The summed E-state index contributed by atoms with van der Waals surface area (Å²) in [6.45, 7) is 6.53. The van der Waals surface area contributed by atoms with Gasteiger partial charge in [-0.3, -0.25) is 4.79 Å². The third-order valence-electron chi connectivity index (χ3n) is 4.07. The Morgan fingerprint density at radius 2 is 1.96 bits per heavy atom. The number of rotatable bonds is 5. The van der Waals surface area contributed by atoms with Gasteiger partial charge < -0.3 is 19.5 Å². The van der Waals surface area contributed by atoms with Gasteiger partial charge in [-0.05, 0) is 44.0 Å². The molecule has 1 unspecified atom stereocenters. The molecule has 1 atom stereocenters. The Morgan fingerprint density at radius 1 is 1.23 bits per heavy atom. The molecule has 1 aliphatic rings. The Bertz CT molecular complexity index is 829. The number of benzene rings is 1. The van der Waals surface area contributed by atoms with Crippen LogP contribution in [-0.4, -0.2) is 31.2 Å². The standard InChI is InChI=1S/C19H21NO5S/c1-4-13-9-17(26-12(13)3)19(22)25-11(2)18(21)20-14-5-6-15-16(10-14)24-8-7-23-15/h5-6,9-11H,4,7-8H2,1-3H3,(H,20,21). The molecule has 1 aliphatic heterocycles. The first-order valence-corrected chi connectivity index (χ1v) is 9.30. The molecule has 1 aromatic heterocycles. The molecule has 2 heterocycles. The van der Waals surface area contributed by atoms with Crippen molar-refractivity contribution in [2.24, 2.45) is 0 Å². The van der Waals surface area contributed by atoms with Crippen LogP contribution in [0.1, 0.15) is 34.0 Å². The van der Waals surface area contributed by atoms with Crippen LogP contribution in [0, 0.1) is 6.92 Å². The largest absolute Gasteiger partial charge is 0.486 e. The first-order valence-electron chi connectivity index (χ1n) is 8.48. The second-order valence-electron chi connectivity index (χ2n) is 5.94. The molecule has 2 aromatic rings. The summed E-state index contributed by atoms with van der Waals surface area (Å²) in [4.78, 5) is 26.2. The number of esters is 1. The van der Waals surface area contributed by atoms with Gasteiger partial charge in [-0.25, -0.2) is 4.79 Å². The van der Waals surface area contributed by atoms with Crippen molar-refractivity contribution in [1.82, 2.24) is 0 Å². The average Bonchev–Trinajstić information content (AvgIpc) is 3.02. The van der Waals surface area contributed by atoms with Gasteiger partial charge in [-0.1, -0.05) is 6.92 Å². The van der Waals surface area contributed by atoms with Gasteiger partial charge in [0.25, 0.3) is 5.91 Å². The van der Waals surface area contributed by atoms with E-state index in [1.54, 1.807) is 25.1 Å². The lowest BCUT2D eigenvalue weighted by Gasteiger charge is -2.19. The fourth-order valence-corrected chi connectivity index (χ4v) is 3.61. The van der Waals surface area contributed by atoms with Crippen LogP contribution in [0.25, 0.3) is 0 Å². The molecule has 1 aromatic carbocycles. The molecular weight excluding hydrogens is 354 g/mol. The summed E-state index contributed by atoms with van der Waals surface area (Å²) in [5.41, 5.74) is 1.68. The Balaban J connectivity index is 1.61. The monoisotopic (exact) mass is 375 g/mol. The van der Waals surface area contributed by atoms with Crippen molar-refractivity contribution < 1.29 is 23.8 Å². The van der Waals surface area contributed by atoms with Crippen LogP contribution in [0.15, 0.2) is 24.3 Å². The molecule has 3 rings (SSSR count). The van der Waals surface area contributed by atoms with E-state index < -0.39 is 18.0 Å². The van der Waals surface area contributed by atoms with Gasteiger partial charge in [0.15, 0.2) is 17.6 Å². The van der Waals surface area contributed by atoms with Crippen molar-refractivity contribution in [2.75, 3.05) is 18.5 Å². The topological polar surface area (TPSA) is 73.9 Å². The van der Waals surface area contributed by atoms with Gasteiger partial charge in [0.05, 0.1) is 0 Å². The molecule has 0 saturated carbocycles. The van der Waals surface area contributed by atoms with E-state index in [1.165, 1.54) is 11.3 Å². The molecule has 0 fully saturated rings. The zero-order valence-corrected chi connectivity index (χ0v) is 15.8. The van der Waals surface area contributed by atoms with Gasteiger partial charge in [0.2, 0.25) is 0 Å². The smallest absolute Gasteiger partial charge is 0.349 e. The molecule has 26 heavy (non-hydrogen) atoms. The number of thiophene rings is 1. The first-order chi connectivity index (χ1) is 12.5. The second kappa shape index (κ2) is 7.78. The number of nitrogens with one attached hydrogen (secondary N) is 1. The highest BCUT2D eigenvalue weighted by Gasteiger charge is 2.21. The predicted molar refractivity (Wildman–Crippen MR) is 99.4 cm³/mol. The fraction of sp³-hybridized carbons (Fsp3) is 0.368. The quantitative estimate of drug-likeness (QED) is 0.809. The number of ether oxygens (including phenoxy) is 3. The summed E-state index contributed by atoms with van der Waals surface area (Å²) in [5, 5.41) is 2.73. The van der Waals surface area contributed by atoms with Crippen LogP contribution in [0.3, 0.4) is 0 Å². The zero-order valence-electron chi connectivity index (χ0n) is 15.0. The molecule has 1 amide bonds. The Hall–Kier alpha value is -2.54. The maximum Gasteiger partial charge on any atom is 0.349 e. The number of aryl methyl sites for hydroxylation is 2. The van der Waals surface area contributed by atoms with Crippen molar-refractivity contribution in [1.29, 1.82) is 0 Å². The summed E-state index contributed by atoms with van der Waals surface area (Å²) in [6, 6.07) is 6.97. The number of hydrogen-bond acceptors (Lipinski definition) is 6. The molecule has 0 saturated heterocycles. The summed E-state index contributed by atoms with van der Waals surface area (Å²) in [5.74, 6) is 0.343. The maximum atomic E-state index is 12.3.